The molecular formula is C26H17N3O4. The Labute approximate surface area is 187 Å². The second-order valence-electron chi connectivity index (χ2n) is 7.82. The first kappa shape index (κ1) is 19.1. The van der Waals surface area contributed by atoms with Gasteiger partial charge in [0.1, 0.15) is 17.6 Å². The number of aromatic nitrogens is 2. The van der Waals surface area contributed by atoms with Crippen LogP contribution in [0.1, 0.15) is 17.4 Å². The number of furan rings is 1. The quantitative estimate of drug-likeness (QED) is 0.238. The monoisotopic (exact) mass is 435 g/mol. The fourth-order valence-corrected chi connectivity index (χ4v) is 4.31. The summed E-state index contributed by atoms with van der Waals surface area (Å²) < 4.78 is 5.59. The van der Waals surface area contributed by atoms with E-state index in [2.05, 4.69) is 9.97 Å². The Morgan fingerprint density at radius 3 is 2.52 bits per heavy atom. The maximum Gasteiger partial charge on any atom is 0.302 e. The van der Waals surface area contributed by atoms with Crippen LogP contribution in [0.4, 0.5) is 5.95 Å². The number of carbonyl (C=O) groups is 2. The van der Waals surface area contributed by atoms with Gasteiger partial charge in [0.15, 0.2) is 0 Å². The van der Waals surface area contributed by atoms with Crippen LogP contribution in [0.25, 0.3) is 27.6 Å². The maximum absolute atomic E-state index is 13.2. The van der Waals surface area contributed by atoms with E-state index in [0.717, 1.165) is 16.3 Å². The number of aromatic amines is 1. The number of anilines is 1. The summed E-state index contributed by atoms with van der Waals surface area (Å²) >= 11 is 0. The molecule has 160 valence electrons. The van der Waals surface area contributed by atoms with Crippen molar-refractivity contribution in [3.05, 3.63) is 102 Å². The number of rotatable bonds is 3. The Hall–Kier alpha value is -4.65. The molecule has 0 radical (unpaired) electrons. The number of Topliss-reactive ketones (excluding diaryl/α,β-unsaturated/α-hetero) is 1. The van der Waals surface area contributed by atoms with Crippen LogP contribution < -0.4 is 4.90 Å². The van der Waals surface area contributed by atoms with Crippen LogP contribution in [-0.2, 0) is 9.59 Å². The molecule has 7 heteroatoms. The average Bonchev–Trinajstić information content (AvgIpc) is 3.57. The van der Waals surface area contributed by atoms with Gasteiger partial charge in [-0.15, -0.1) is 0 Å². The zero-order chi connectivity index (χ0) is 22.5. The first-order chi connectivity index (χ1) is 16.1. The van der Waals surface area contributed by atoms with Gasteiger partial charge in [-0.1, -0.05) is 48.5 Å². The minimum Gasteiger partial charge on any atom is -0.507 e. The van der Waals surface area contributed by atoms with E-state index in [1.807, 2.05) is 54.6 Å². The van der Waals surface area contributed by atoms with Crippen molar-refractivity contribution in [1.82, 2.24) is 9.97 Å². The van der Waals surface area contributed by atoms with Gasteiger partial charge in [0, 0.05) is 5.56 Å². The number of carbonyl (C=O) groups excluding carboxylic acids is 2. The van der Waals surface area contributed by atoms with Crippen LogP contribution >= 0.6 is 0 Å². The molecule has 33 heavy (non-hydrogen) atoms. The number of ketones is 1. The smallest absolute Gasteiger partial charge is 0.302 e. The molecular weight excluding hydrogens is 418 g/mol. The lowest BCUT2D eigenvalue weighted by Crippen LogP contribution is -2.30. The van der Waals surface area contributed by atoms with Crippen molar-refractivity contribution >= 4 is 45.2 Å². The summed E-state index contributed by atoms with van der Waals surface area (Å²) in [7, 11) is 0. The minimum absolute atomic E-state index is 0.0503. The number of fused-ring (bicyclic) bond motifs is 2. The molecule has 1 amide bonds. The number of hydrogen-bond donors (Lipinski definition) is 2. The standard InChI is InChI=1S/C26H17N3O4/c30-23(17-12-11-15-6-1-2-7-16(15)14-17)21-22(20-10-5-13-33-20)29(25(32)24(21)31)26-27-18-8-3-4-9-19(18)28-26/h1-14,22,30H,(H,27,28)/b23-21+. The minimum atomic E-state index is -0.966. The van der Waals surface area contributed by atoms with Crippen molar-refractivity contribution in [2.24, 2.45) is 0 Å². The lowest BCUT2D eigenvalue weighted by molar-refractivity contribution is -0.132. The molecule has 1 saturated heterocycles. The fourth-order valence-electron chi connectivity index (χ4n) is 4.31. The summed E-state index contributed by atoms with van der Waals surface area (Å²) in [6, 6.07) is 22.8. The zero-order valence-electron chi connectivity index (χ0n) is 17.2. The highest BCUT2D eigenvalue weighted by Gasteiger charge is 2.49. The Morgan fingerprint density at radius 2 is 1.73 bits per heavy atom. The van der Waals surface area contributed by atoms with E-state index in [4.69, 9.17) is 4.42 Å². The number of imidazole rings is 1. The predicted octanol–water partition coefficient (Wildman–Crippen LogP) is 4.94. The molecule has 7 nitrogen and oxygen atoms in total. The largest absolute Gasteiger partial charge is 0.507 e. The SMILES string of the molecule is O=C1C(=O)N(c2nc3ccccc3[nH]2)C(c2ccco2)/C1=C(\O)c1ccc2ccccc2c1. The van der Waals surface area contributed by atoms with Gasteiger partial charge >= 0.3 is 5.91 Å². The van der Waals surface area contributed by atoms with Crippen molar-refractivity contribution < 1.29 is 19.1 Å². The maximum atomic E-state index is 13.2. The van der Waals surface area contributed by atoms with Crippen molar-refractivity contribution in [2.45, 2.75) is 6.04 Å². The average molecular weight is 435 g/mol. The van der Waals surface area contributed by atoms with Crippen molar-refractivity contribution in [1.29, 1.82) is 0 Å². The highest BCUT2D eigenvalue weighted by molar-refractivity contribution is 6.51. The van der Waals surface area contributed by atoms with Crippen LogP contribution in [0.15, 0.2) is 95.1 Å². The molecule has 1 fully saturated rings. The molecule has 3 aromatic carbocycles. The molecule has 0 saturated carbocycles. The highest BCUT2D eigenvalue weighted by atomic mass is 16.3. The van der Waals surface area contributed by atoms with Gasteiger partial charge in [-0.2, -0.15) is 0 Å². The first-order valence-electron chi connectivity index (χ1n) is 10.4. The Morgan fingerprint density at radius 1 is 0.939 bits per heavy atom. The second kappa shape index (κ2) is 7.20. The summed E-state index contributed by atoms with van der Waals surface area (Å²) in [6.45, 7) is 0. The molecule has 0 spiro atoms. The van der Waals surface area contributed by atoms with E-state index < -0.39 is 17.7 Å². The normalized spacial score (nSPS) is 17.9. The van der Waals surface area contributed by atoms with E-state index in [0.29, 0.717) is 16.8 Å². The molecule has 1 unspecified atom stereocenters. The van der Waals surface area contributed by atoms with Gasteiger partial charge in [-0.25, -0.2) is 4.98 Å². The van der Waals surface area contributed by atoms with Gasteiger partial charge in [0.25, 0.3) is 5.78 Å². The third-order valence-electron chi connectivity index (χ3n) is 5.89. The summed E-state index contributed by atoms with van der Waals surface area (Å²) in [4.78, 5) is 35.2. The summed E-state index contributed by atoms with van der Waals surface area (Å²) in [5.41, 5.74) is 1.77. The lowest BCUT2D eigenvalue weighted by Gasteiger charge is -2.20. The number of nitrogens with one attached hydrogen (secondary N) is 1. The zero-order valence-corrected chi connectivity index (χ0v) is 17.2. The Balaban J connectivity index is 1.55. The van der Waals surface area contributed by atoms with Gasteiger partial charge in [-0.05, 0) is 41.1 Å². The van der Waals surface area contributed by atoms with E-state index >= 15 is 0 Å². The number of hydrogen-bond acceptors (Lipinski definition) is 5. The highest BCUT2D eigenvalue weighted by Crippen LogP contribution is 2.42. The number of aliphatic hydroxyl groups excluding tert-OH is 1. The van der Waals surface area contributed by atoms with E-state index in [9.17, 15) is 14.7 Å². The van der Waals surface area contributed by atoms with Crippen LogP contribution in [0, 0.1) is 0 Å². The Bertz CT molecular complexity index is 1550. The molecule has 1 aliphatic heterocycles. The fraction of sp³-hybridized carbons (Fsp3) is 0.0385. The van der Waals surface area contributed by atoms with E-state index in [-0.39, 0.29) is 17.3 Å². The summed E-state index contributed by atoms with van der Waals surface area (Å²) in [5.74, 6) is -1.31. The van der Waals surface area contributed by atoms with Gasteiger partial charge < -0.3 is 14.5 Å². The van der Waals surface area contributed by atoms with Crippen molar-refractivity contribution in [3.63, 3.8) is 0 Å². The van der Waals surface area contributed by atoms with Crippen LogP contribution in [0.5, 0.6) is 0 Å². The second-order valence-corrected chi connectivity index (χ2v) is 7.82. The lowest BCUT2D eigenvalue weighted by atomic mass is 9.98. The Kier molecular flexibility index (Phi) is 4.16. The number of nitrogens with zero attached hydrogens (tertiary/aromatic N) is 2. The molecule has 0 aliphatic carbocycles. The first-order valence-corrected chi connectivity index (χ1v) is 10.4. The third-order valence-corrected chi connectivity index (χ3v) is 5.89. The van der Waals surface area contributed by atoms with E-state index in [1.165, 1.54) is 11.2 Å². The predicted molar refractivity (Wildman–Crippen MR) is 124 cm³/mol. The topological polar surface area (TPSA) is 99.4 Å². The van der Waals surface area contributed by atoms with Crippen LogP contribution in [0.3, 0.4) is 0 Å². The molecule has 6 rings (SSSR count). The molecule has 5 aromatic rings. The van der Waals surface area contributed by atoms with Crippen LogP contribution in [0.2, 0.25) is 0 Å². The molecule has 2 aromatic heterocycles. The van der Waals surface area contributed by atoms with Crippen molar-refractivity contribution in [3.8, 4) is 0 Å². The number of para-hydroxylation sites is 2. The summed E-state index contributed by atoms with van der Waals surface area (Å²) in [5, 5.41) is 13.2. The van der Waals surface area contributed by atoms with Gasteiger partial charge in [-0.3, -0.25) is 14.5 Å². The van der Waals surface area contributed by atoms with Gasteiger partial charge in [0.2, 0.25) is 5.95 Å². The summed E-state index contributed by atoms with van der Waals surface area (Å²) in [6.07, 6.45) is 1.46. The van der Waals surface area contributed by atoms with E-state index in [1.54, 1.807) is 24.3 Å². The molecule has 3 heterocycles. The number of aliphatic hydroxyl groups is 1. The molecule has 1 aliphatic rings. The molecule has 1 atom stereocenters. The van der Waals surface area contributed by atoms with Crippen molar-refractivity contribution in [2.75, 3.05) is 4.90 Å². The number of amides is 1. The molecule has 2 N–H and O–H groups in total. The number of benzene rings is 3. The van der Waals surface area contributed by atoms with Gasteiger partial charge in [0.05, 0.1) is 22.9 Å². The number of H-pyrrole nitrogens is 1. The third kappa shape index (κ3) is 2.94. The van der Waals surface area contributed by atoms with Crippen LogP contribution in [-0.4, -0.2) is 26.8 Å². The molecule has 0 bridgehead atoms.